The predicted octanol–water partition coefficient (Wildman–Crippen LogP) is -0.385. The molecule has 0 aromatic rings. The number of carbonyl (C=O) groups excluding carboxylic acids is 1. The van der Waals surface area contributed by atoms with Gasteiger partial charge in [-0.1, -0.05) is 6.58 Å². The maximum atomic E-state index is 10.2. The molecule has 0 aliphatic rings. The Morgan fingerprint density at radius 3 is 2.40 bits per heavy atom. The molecule has 1 N–H and O–H groups in total. The number of amides is 1. The highest BCUT2D eigenvalue weighted by Crippen LogP contribution is 1.78. The van der Waals surface area contributed by atoms with E-state index in [9.17, 15) is 13.2 Å². The molecule has 0 fully saturated rings. The molecule has 0 rings (SSSR count). The van der Waals surface area contributed by atoms with E-state index >= 15 is 0 Å². The first-order valence-electron chi connectivity index (χ1n) is 2.13. The van der Waals surface area contributed by atoms with E-state index in [2.05, 4.69) is 11.6 Å². The van der Waals surface area contributed by atoms with E-state index in [1.807, 2.05) is 0 Å². The predicted molar refractivity (Wildman–Crippen MR) is 35.2 cm³/mol. The van der Waals surface area contributed by atoms with E-state index in [-0.39, 0.29) is 5.55 Å². The second-order valence-corrected chi connectivity index (χ2v) is 2.53. The van der Waals surface area contributed by atoms with Gasteiger partial charge in [-0.2, -0.15) is 8.42 Å². The van der Waals surface area contributed by atoms with Crippen LogP contribution in [0.15, 0.2) is 17.6 Å². The van der Waals surface area contributed by atoms with Gasteiger partial charge >= 0.3 is 10.1 Å². The van der Waals surface area contributed by atoms with Crippen LogP contribution >= 0.6 is 0 Å². The van der Waals surface area contributed by atoms with Crippen LogP contribution < -0.4 is 0 Å². The van der Waals surface area contributed by atoms with Gasteiger partial charge in [0.1, 0.15) is 0 Å². The lowest BCUT2D eigenvalue weighted by Crippen LogP contribution is -1.99. The van der Waals surface area contributed by atoms with E-state index in [0.29, 0.717) is 0 Å². The normalized spacial score (nSPS) is 11.7. The van der Waals surface area contributed by atoms with Gasteiger partial charge in [0.05, 0.1) is 0 Å². The Hall–Kier alpha value is -1.01. The molecule has 0 aromatic heterocycles. The van der Waals surface area contributed by atoms with Crippen LogP contribution in [-0.4, -0.2) is 24.4 Å². The van der Waals surface area contributed by atoms with Crippen LogP contribution in [0.25, 0.3) is 0 Å². The number of hydrogen-bond donors (Lipinski definition) is 1. The summed E-state index contributed by atoms with van der Waals surface area (Å²) in [5.74, 6) is -0.822. The molecule has 0 heterocycles. The Morgan fingerprint density at radius 2 is 2.10 bits per heavy atom. The molecule has 1 amide bonds. The summed E-state index contributed by atoms with van der Waals surface area (Å²) in [7, 11) is -4.29. The van der Waals surface area contributed by atoms with Crippen molar-refractivity contribution in [1.29, 1.82) is 0 Å². The zero-order chi connectivity index (χ0) is 8.20. The lowest BCUT2D eigenvalue weighted by atomic mass is 10.6. The maximum absolute atomic E-state index is 10.2. The van der Waals surface area contributed by atoms with Crippen LogP contribution in [0.4, 0.5) is 0 Å². The third-order valence-corrected chi connectivity index (χ3v) is 0.860. The standard InChI is InChI=1S/C4H5NO4S/c1-2-4(6)5-3-10(7,8)9/h2-3H,1H2,(H,7,8,9). The van der Waals surface area contributed by atoms with Gasteiger partial charge in [-0.15, -0.1) is 0 Å². The van der Waals surface area contributed by atoms with E-state index in [1.54, 1.807) is 0 Å². The summed E-state index contributed by atoms with van der Waals surface area (Å²) >= 11 is 0. The third kappa shape index (κ3) is 5.13. The van der Waals surface area contributed by atoms with E-state index in [0.717, 1.165) is 6.08 Å². The molecule has 0 aliphatic carbocycles. The van der Waals surface area contributed by atoms with E-state index < -0.39 is 16.0 Å². The molecule has 0 saturated heterocycles. The van der Waals surface area contributed by atoms with Crippen molar-refractivity contribution in [2.75, 3.05) is 0 Å². The van der Waals surface area contributed by atoms with Gasteiger partial charge in [-0.05, 0) is 6.08 Å². The molecule has 56 valence electrons. The van der Waals surface area contributed by atoms with Crippen LogP contribution in [0.2, 0.25) is 0 Å². The molecule has 0 aromatic carbocycles. The Labute approximate surface area is 57.8 Å². The molecular formula is C4H5NO4S. The van der Waals surface area contributed by atoms with Gasteiger partial charge in [-0.3, -0.25) is 9.35 Å². The first kappa shape index (κ1) is 8.99. The first-order valence-corrected chi connectivity index (χ1v) is 3.64. The largest absolute Gasteiger partial charge is 0.305 e. The van der Waals surface area contributed by atoms with Crippen molar-refractivity contribution in [2.24, 2.45) is 4.99 Å². The van der Waals surface area contributed by atoms with E-state index in [1.165, 1.54) is 0 Å². The SMILES string of the molecule is C=CC(=O)N=CS(=O)(=O)O. The number of nitrogens with zero attached hydrogens (tertiary/aromatic N) is 1. The Morgan fingerprint density at radius 1 is 1.60 bits per heavy atom. The summed E-state index contributed by atoms with van der Waals surface area (Å²) in [5.41, 5.74) is 0.150. The average molecular weight is 163 g/mol. The Balaban J connectivity index is 4.29. The maximum Gasteiger partial charge on any atom is 0.305 e. The molecule has 0 spiro atoms. The minimum Gasteiger partial charge on any atom is -0.281 e. The summed E-state index contributed by atoms with van der Waals surface area (Å²) in [5, 5.41) is 0. The fraction of sp³-hybridized carbons (Fsp3) is 0. The van der Waals surface area contributed by atoms with Crippen molar-refractivity contribution < 1.29 is 17.8 Å². The Bertz CT molecular complexity index is 263. The smallest absolute Gasteiger partial charge is 0.281 e. The summed E-state index contributed by atoms with van der Waals surface area (Å²) < 4.78 is 27.7. The summed E-state index contributed by atoms with van der Waals surface area (Å²) in [6, 6.07) is 0. The quantitative estimate of drug-likeness (QED) is 0.260. The van der Waals surface area contributed by atoms with Gasteiger partial charge in [0.25, 0.3) is 5.91 Å². The van der Waals surface area contributed by atoms with Crippen molar-refractivity contribution in [3.8, 4) is 0 Å². The van der Waals surface area contributed by atoms with Gasteiger partial charge in [0.15, 0.2) is 5.55 Å². The highest BCUT2D eigenvalue weighted by molar-refractivity contribution is 7.99. The molecule has 0 unspecified atom stereocenters. The highest BCUT2D eigenvalue weighted by Gasteiger charge is 1.97. The van der Waals surface area contributed by atoms with Gasteiger partial charge < -0.3 is 0 Å². The van der Waals surface area contributed by atoms with Crippen molar-refractivity contribution in [2.45, 2.75) is 0 Å². The number of rotatable bonds is 2. The summed E-state index contributed by atoms with van der Waals surface area (Å²) in [4.78, 5) is 13.0. The lowest BCUT2D eigenvalue weighted by Gasteiger charge is -1.80. The summed E-state index contributed by atoms with van der Waals surface area (Å²) in [6.45, 7) is 3.02. The van der Waals surface area contributed by atoms with Crippen molar-refractivity contribution in [3.05, 3.63) is 12.7 Å². The molecule has 0 atom stereocenters. The number of hydrogen-bond acceptors (Lipinski definition) is 3. The zero-order valence-corrected chi connectivity index (χ0v) is 5.71. The second kappa shape index (κ2) is 3.23. The van der Waals surface area contributed by atoms with E-state index in [4.69, 9.17) is 4.55 Å². The molecule has 6 heteroatoms. The molecule has 0 bridgehead atoms. The van der Waals surface area contributed by atoms with Crippen molar-refractivity contribution in [3.63, 3.8) is 0 Å². The second-order valence-electron chi connectivity index (χ2n) is 1.29. The molecule has 10 heavy (non-hydrogen) atoms. The Kier molecular flexibility index (Phi) is 2.91. The molecule has 5 nitrogen and oxygen atoms in total. The van der Waals surface area contributed by atoms with Gasteiger partial charge in [0.2, 0.25) is 0 Å². The molecular weight excluding hydrogens is 158 g/mol. The fourth-order valence-electron chi connectivity index (χ4n) is 0.171. The zero-order valence-electron chi connectivity index (χ0n) is 4.89. The van der Waals surface area contributed by atoms with Crippen molar-refractivity contribution >= 4 is 21.6 Å². The van der Waals surface area contributed by atoms with Crippen molar-refractivity contribution in [1.82, 2.24) is 0 Å². The monoisotopic (exact) mass is 163 g/mol. The first-order chi connectivity index (χ1) is 4.45. The average Bonchev–Trinajstić information content (AvgIpc) is 1.81. The highest BCUT2D eigenvalue weighted by atomic mass is 32.2. The minimum atomic E-state index is -4.29. The van der Waals surface area contributed by atoms with Gasteiger partial charge in [0, 0.05) is 0 Å². The molecule has 0 aliphatic heterocycles. The molecule has 0 saturated carbocycles. The van der Waals surface area contributed by atoms with Crippen LogP contribution in [0.5, 0.6) is 0 Å². The van der Waals surface area contributed by atoms with Crippen LogP contribution in [-0.2, 0) is 14.9 Å². The van der Waals surface area contributed by atoms with Crippen LogP contribution in [0, 0.1) is 0 Å². The number of carbonyl (C=O) groups is 1. The minimum absolute atomic E-state index is 0.150. The molecule has 0 radical (unpaired) electrons. The summed E-state index contributed by atoms with van der Waals surface area (Å²) in [6.07, 6.45) is 0.821. The third-order valence-electron chi connectivity index (χ3n) is 0.488. The fourth-order valence-corrected chi connectivity index (χ4v) is 0.408. The lowest BCUT2D eigenvalue weighted by molar-refractivity contribution is -0.113. The topological polar surface area (TPSA) is 83.8 Å². The van der Waals surface area contributed by atoms with Crippen LogP contribution in [0.3, 0.4) is 0 Å². The number of aliphatic imine (C=N–C) groups is 1. The van der Waals surface area contributed by atoms with Gasteiger partial charge in [-0.25, -0.2) is 4.99 Å². The van der Waals surface area contributed by atoms with Crippen LogP contribution in [0.1, 0.15) is 0 Å².